The molecule has 3 rings (SSSR count). The van der Waals surface area contributed by atoms with Crippen molar-refractivity contribution in [2.24, 2.45) is 0 Å². The Kier molecular flexibility index (Phi) is 5.75. The van der Waals surface area contributed by atoms with Crippen molar-refractivity contribution in [2.75, 3.05) is 23.4 Å². The van der Waals surface area contributed by atoms with Gasteiger partial charge in [-0.3, -0.25) is 9.59 Å². The van der Waals surface area contributed by atoms with Crippen molar-refractivity contribution in [1.29, 1.82) is 0 Å². The highest BCUT2D eigenvalue weighted by atomic mass is 79.9. The molecule has 1 saturated heterocycles. The quantitative estimate of drug-likeness (QED) is 0.710. The third kappa shape index (κ3) is 4.61. The van der Waals surface area contributed by atoms with Crippen molar-refractivity contribution < 1.29 is 14.3 Å². The Bertz CT molecular complexity index is 793. The lowest BCUT2D eigenvalue weighted by Crippen LogP contribution is -2.23. The Morgan fingerprint density at radius 1 is 1.16 bits per heavy atom. The first-order chi connectivity index (χ1) is 12.0. The van der Waals surface area contributed by atoms with Gasteiger partial charge in [-0.05, 0) is 64.8 Å². The third-order valence-corrected chi connectivity index (χ3v) is 4.98. The third-order valence-electron chi connectivity index (χ3n) is 3.79. The molecule has 7 heteroatoms. The first-order valence-electron chi connectivity index (χ1n) is 7.81. The zero-order chi connectivity index (χ0) is 17.8. The molecule has 1 N–H and O–H groups in total. The van der Waals surface area contributed by atoms with E-state index in [1.165, 1.54) is 0 Å². The van der Waals surface area contributed by atoms with E-state index in [1.54, 1.807) is 17.0 Å². The van der Waals surface area contributed by atoms with E-state index in [2.05, 4.69) is 37.2 Å². The summed E-state index contributed by atoms with van der Waals surface area (Å²) in [5.41, 5.74) is 1.53. The van der Waals surface area contributed by atoms with E-state index >= 15 is 0 Å². The van der Waals surface area contributed by atoms with Gasteiger partial charge in [0.25, 0.3) is 5.91 Å². The zero-order valence-electron chi connectivity index (χ0n) is 13.3. The Morgan fingerprint density at radius 2 is 1.92 bits per heavy atom. The summed E-state index contributed by atoms with van der Waals surface area (Å²) < 4.78 is 7.18. The summed E-state index contributed by atoms with van der Waals surface area (Å²) in [5.74, 6) is 0.476. The molecule has 0 saturated carbocycles. The van der Waals surface area contributed by atoms with Crippen molar-refractivity contribution in [1.82, 2.24) is 0 Å². The Morgan fingerprint density at radius 3 is 2.60 bits per heavy atom. The molecule has 2 aromatic rings. The maximum atomic E-state index is 12.0. The van der Waals surface area contributed by atoms with Crippen LogP contribution in [0.5, 0.6) is 5.75 Å². The number of carbonyl (C=O) groups is 2. The van der Waals surface area contributed by atoms with Gasteiger partial charge in [0, 0.05) is 27.6 Å². The number of nitrogens with zero attached hydrogens (tertiary/aromatic N) is 1. The van der Waals surface area contributed by atoms with E-state index in [-0.39, 0.29) is 18.4 Å². The number of halogens is 2. The second-order valence-corrected chi connectivity index (χ2v) is 7.37. The second-order valence-electron chi connectivity index (χ2n) is 5.60. The van der Waals surface area contributed by atoms with Crippen LogP contribution >= 0.6 is 31.9 Å². The lowest BCUT2D eigenvalue weighted by molar-refractivity contribution is -0.118. The van der Waals surface area contributed by atoms with Crippen LogP contribution in [0.25, 0.3) is 0 Å². The monoisotopic (exact) mass is 466 g/mol. The summed E-state index contributed by atoms with van der Waals surface area (Å²) in [6.45, 7) is 0.657. The van der Waals surface area contributed by atoms with Crippen LogP contribution in [0.3, 0.4) is 0 Å². The van der Waals surface area contributed by atoms with E-state index in [0.29, 0.717) is 17.9 Å². The largest absolute Gasteiger partial charge is 0.484 e. The molecular weight excluding hydrogens is 452 g/mol. The average molecular weight is 468 g/mol. The molecule has 0 spiro atoms. The predicted molar refractivity (Wildman–Crippen MR) is 104 cm³/mol. The van der Waals surface area contributed by atoms with Gasteiger partial charge in [0.1, 0.15) is 5.75 Å². The molecule has 0 aliphatic carbocycles. The average Bonchev–Trinajstić information content (AvgIpc) is 3.03. The zero-order valence-corrected chi connectivity index (χ0v) is 16.5. The molecule has 25 heavy (non-hydrogen) atoms. The summed E-state index contributed by atoms with van der Waals surface area (Å²) >= 11 is 6.76. The fraction of sp³-hybridized carbons (Fsp3) is 0.222. The fourth-order valence-corrected chi connectivity index (χ4v) is 3.28. The number of nitrogens with one attached hydrogen (secondary N) is 1. The van der Waals surface area contributed by atoms with Crippen LogP contribution in [0, 0.1) is 0 Å². The summed E-state index contributed by atoms with van der Waals surface area (Å²) in [4.78, 5) is 25.5. The molecular formula is C18H16Br2N2O3. The number of rotatable bonds is 5. The summed E-state index contributed by atoms with van der Waals surface area (Å²) in [7, 11) is 0. The minimum absolute atomic E-state index is 0.0963. The van der Waals surface area contributed by atoms with Crippen LogP contribution in [0.15, 0.2) is 51.4 Å². The van der Waals surface area contributed by atoms with E-state index in [0.717, 1.165) is 27.6 Å². The molecule has 0 radical (unpaired) electrons. The number of carbonyl (C=O) groups excluding carboxylic acids is 2. The van der Waals surface area contributed by atoms with Crippen molar-refractivity contribution in [3.8, 4) is 5.75 Å². The van der Waals surface area contributed by atoms with E-state index < -0.39 is 0 Å². The highest BCUT2D eigenvalue weighted by Crippen LogP contribution is 2.26. The van der Waals surface area contributed by atoms with E-state index in [1.807, 2.05) is 30.3 Å². The molecule has 130 valence electrons. The van der Waals surface area contributed by atoms with Gasteiger partial charge < -0.3 is 15.0 Å². The van der Waals surface area contributed by atoms with Gasteiger partial charge in [0.05, 0.1) is 5.69 Å². The molecule has 1 heterocycles. The van der Waals surface area contributed by atoms with E-state index in [9.17, 15) is 9.59 Å². The smallest absolute Gasteiger partial charge is 0.262 e. The van der Waals surface area contributed by atoms with Crippen LogP contribution in [-0.4, -0.2) is 25.0 Å². The topological polar surface area (TPSA) is 58.6 Å². The Balaban J connectivity index is 1.55. The van der Waals surface area contributed by atoms with Gasteiger partial charge in [0.15, 0.2) is 6.61 Å². The molecule has 0 aromatic heterocycles. The van der Waals surface area contributed by atoms with Crippen LogP contribution in [0.4, 0.5) is 11.4 Å². The summed E-state index contributed by atoms with van der Waals surface area (Å²) in [5, 5.41) is 2.79. The van der Waals surface area contributed by atoms with Gasteiger partial charge in [0.2, 0.25) is 5.91 Å². The normalized spacial score (nSPS) is 13.8. The maximum Gasteiger partial charge on any atom is 0.262 e. The number of benzene rings is 2. The SMILES string of the molecule is O=C(COc1ccc(N2CCCC2=O)cc1)Nc1cc(Br)ccc1Br. The van der Waals surface area contributed by atoms with Crippen molar-refractivity contribution in [3.63, 3.8) is 0 Å². The van der Waals surface area contributed by atoms with Gasteiger partial charge >= 0.3 is 0 Å². The molecule has 5 nitrogen and oxygen atoms in total. The highest BCUT2D eigenvalue weighted by Gasteiger charge is 2.21. The standard InChI is InChI=1S/C18H16Br2N2O3/c19-12-3-8-15(20)16(10-12)21-17(23)11-25-14-6-4-13(5-7-14)22-9-1-2-18(22)24/h3-8,10H,1-2,9,11H2,(H,21,23). The molecule has 0 atom stereocenters. The molecule has 1 aliphatic rings. The lowest BCUT2D eigenvalue weighted by Gasteiger charge is -2.16. The van der Waals surface area contributed by atoms with Gasteiger partial charge in [-0.2, -0.15) is 0 Å². The van der Waals surface area contributed by atoms with E-state index in [4.69, 9.17) is 4.74 Å². The van der Waals surface area contributed by atoms with Crippen molar-refractivity contribution in [2.45, 2.75) is 12.8 Å². The van der Waals surface area contributed by atoms with Gasteiger partial charge in [-0.15, -0.1) is 0 Å². The minimum Gasteiger partial charge on any atom is -0.484 e. The van der Waals surface area contributed by atoms with Gasteiger partial charge in [-0.1, -0.05) is 15.9 Å². The molecule has 2 amide bonds. The summed E-state index contributed by atoms with van der Waals surface area (Å²) in [6.07, 6.45) is 1.49. The molecule has 1 aliphatic heterocycles. The minimum atomic E-state index is -0.252. The fourth-order valence-electron chi connectivity index (χ4n) is 2.57. The number of hydrogen-bond acceptors (Lipinski definition) is 3. The molecule has 2 aromatic carbocycles. The van der Waals surface area contributed by atoms with Crippen molar-refractivity contribution in [3.05, 3.63) is 51.4 Å². The van der Waals surface area contributed by atoms with Crippen LogP contribution in [0.2, 0.25) is 0 Å². The molecule has 0 bridgehead atoms. The Labute approximate surface area is 162 Å². The van der Waals surface area contributed by atoms with Crippen molar-refractivity contribution >= 4 is 55.0 Å². The number of ether oxygens (including phenoxy) is 1. The molecule has 0 unspecified atom stereocenters. The first kappa shape index (κ1) is 17.9. The molecule has 1 fully saturated rings. The van der Waals surface area contributed by atoms with Crippen LogP contribution < -0.4 is 15.0 Å². The predicted octanol–water partition coefficient (Wildman–Crippen LogP) is 4.36. The lowest BCUT2D eigenvalue weighted by atomic mass is 10.3. The summed E-state index contributed by atoms with van der Waals surface area (Å²) in [6, 6.07) is 12.7. The second kappa shape index (κ2) is 8.01. The van der Waals surface area contributed by atoms with Crippen LogP contribution in [-0.2, 0) is 9.59 Å². The number of amides is 2. The first-order valence-corrected chi connectivity index (χ1v) is 9.39. The van der Waals surface area contributed by atoms with Gasteiger partial charge in [-0.25, -0.2) is 0 Å². The number of anilines is 2. The Hall–Kier alpha value is -1.86. The maximum absolute atomic E-state index is 12.0. The van der Waals surface area contributed by atoms with Crippen LogP contribution in [0.1, 0.15) is 12.8 Å². The highest BCUT2D eigenvalue weighted by molar-refractivity contribution is 9.11. The number of hydrogen-bond donors (Lipinski definition) is 1.